The van der Waals surface area contributed by atoms with Crippen LogP contribution >= 0.6 is 0 Å². The number of aromatic nitrogens is 6. The summed E-state index contributed by atoms with van der Waals surface area (Å²) >= 11 is 0. The molecule has 9 nitrogen and oxygen atoms in total. The highest BCUT2D eigenvalue weighted by Crippen LogP contribution is 2.31. The summed E-state index contributed by atoms with van der Waals surface area (Å²) in [5.41, 5.74) is 10.5. The molecule has 0 unspecified atom stereocenters. The molecule has 0 fully saturated rings. The Balaban J connectivity index is 1.47. The molecule has 5 aromatic rings. The van der Waals surface area contributed by atoms with E-state index in [1.807, 2.05) is 55.7 Å². The van der Waals surface area contributed by atoms with Gasteiger partial charge >= 0.3 is 0 Å². The number of rotatable bonds is 7. The van der Waals surface area contributed by atoms with Crippen molar-refractivity contribution >= 4 is 22.5 Å². The van der Waals surface area contributed by atoms with E-state index in [4.69, 9.17) is 15.7 Å². The Hall–Kier alpha value is -4.37. The molecule has 4 heterocycles. The van der Waals surface area contributed by atoms with Gasteiger partial charge in [-0.1, -0.05) is 18.2 Å². The first-order valence-corrected chi connectivity index (χ1v) is 11.7. The number of hydrogen-bond donors (Lipinski definition) is 3. The zero-order chi connectivity index (χ0) is 25.3. The van der Waals surface area contributed by atoms with E-state index >= 15 is 0 Å². The molecule has 9 heteroatoms. The molecule has 0 aliphatic rings. The van der Waals surface area contributed by atoms with Crippen LogP contribution in [0.5, 0.6) is 0 Å². The normalized spacial score (nSPS) is 11.7. The third kappa shape index (κ3) is 4.87. The zero-order valence-electron chi connectivity index (χ0n) is 20.5. The van der Waals surface area contributed by atoms with Crippen LogP contribution in [0.1, 0.15) is 25.2 Å². The lowest BCUT2D eigenvalue weighted by Gasteiger charge is -2.17. The lowest BCUT2D eigenvalue weighted by Crippen LogP contribution is -2.18. The molecule has 1 aromatic carbocycles. The number of nitrogens with zero attached hydrogens (tertiary/aromatic N) is 6. The predicted octanol–water partition coefficient (Wildman–Crippen LogP) is 3.95. The average molecular weight is 481 g/mol. The topological polar surface area (TPSA) is 128 Å². The van der Waals surface area contributed by atoms with Crippen molar-refractivity contribution in [2.24, 2.45) is 7.05 Å². The molecule has 0 bridgehead atoms. The van der Waals surface area contributed by atoms with Crippen LogP contribution in [0.3, 0.4) is 0 Å². The number of anilines is 2. The van der Waals surface area contributed by atoms with E-state index in [9.17, 15) is 5.11 Å². The summed E-state index contributed by atoms with van der Waals surface area (Å²) < 4.78 is 1.73. The number of benzene rings is 1. The second kappa shape index (κ2) is 9.35. The Bertz CT molecular complexity index is 1540. The number of fused-ring (bicyclic) bond motifs is 1. The van der Waals surface area contributed by atoms with Gasteiger partial charge in [0.15, 0.2) is 0 Å². The Labute approximate surface area is 209 Å². The summed E-state index contributed by atoms with van der Waals surface area (Å²) in [5.74, 6) is 1.04. The van der Waals surface area contributed by atoms with Crippen molar-refractivity contribution in [2.75, 3.05) is 17.6 Å². The Morgan fingerprint density at radius 2 is 1.86 bits per heavy atom. The molecule has 4 N–H and O–H groups in total. The number of hydrogen-bond acceptors (Lipinski definition) is 8. The molecule has 4 aromatic heterocycles. The van der Waals surface area contributed by atoms with Gasteiger partial charge in [0.2, 0.25) is 0 Å². The van der Waals surface area contributed by atoms with Gasteiger partial charge in [0.05, 0.1) is 22.6 Å². The SMILES string of the molecule is Cn1ccc(-c2nc(N)c(CCNc3cccc(C(C)(C)O)n3)nc2-c2ccc3ncccc3c2)n1. The number of nitrogen functional groups attached to an aromatic ring is 1. The molecule has 5 rings (SSSR count). The molecular weight excluding hydrogens is 452 g/mol. The van der Waals surface area contributed by atoms with Gasteiger partial charge in [-0.15, -0.1) is 0 Å². The number of pyridine rings is 2. The molecule has 36 heavy (non-hydrogen) atoms. The van der Waals surface area contributed by atoms with Gasteiger partial charge in [-0.3, -0.25) is 9.67 Å². The fourth-order valence-corrected chi connectivity index (χ4v) is 3.99. The monoisotopic (exact) mass is 480 g/mol. The van der Waals surface area contributed by atoms with Gasteiger partial charge in [0, 0.05) is 43.4 Å². The number of nitrogens with two attached hydrogens (primary N) is 1. The molecule has 0 amide bonds. The molecule has 0 saturated carbocycles. The predicted molar refractivity (Wildman–Crippen MR) is 141 cm³/mol. The van der Waals surface area contributed by atoms with Crippen molar-refractivity contribution < 1.29 is 5.11 Å². The maximum absolute atomic E-state index is 10.2. The minimum absolute atomic E-state index is 0.363. The zero-order valence-corrected chi connectivity index (χ0v) is 20.5. The minimum Gasteiger partial charge on any atom is -0.384 e. The standard InChI is InChI=1S/C27H28N8O/c1-27(2,36)22-7-4-8-23(32-22)30-14-11-21-26(28)33-25(20-12-15-35(3)34-20)24(31-21)18-9-10-19-17(16-18)6-5-13-29-19/h4-10,12-13,15-16,36H,11,14H2,1-3H3,(H2,28,33)(H,30,32). The molecule has 0 spiro atoms. The number of nitrogens with one attached hydrogen (secondary N) is 1. The van der Waals surface area contributed by atoms with Crippen LogP contribution in [-0.4, -0.2) is 41.4 Å². The van der Waals surface area contributed by atoms with E-state index in [0.29, 0.717) is 53.1 Å². The fourth-order valence-electron chi connectivity index (χ4n) is 3.99. The quantitative estimate of drug-likeness (QED) is 0.319. The summed E-state index contributed by atoms with van der Waals surface area (Å²) in [5, 5.41) is 19.1. The first kappa shape index (κ1) is 23.4. The van der Waals surface area contributed by atoms with Crippen molar-refractivity contribution in [1.29, 1.82) is 0 Å². The first-order chi connectivity index (χ1) is 17.3. The van der Waals surface area contributed by atoms with Crippen LogP contribution in [-0.2, 0) is 19.1 Å². The lowest BCUT2D eigenvalue weighted by atomic mass is 10.0. The second-order valence-electron chi connectivity index (χ2n) is 9.18. The maximum Gasteiger partial charge on any atom is 0.146 e. The number of aliphatic hydroxyl groups is 1. The van der Waals surface area contributed by atoms with E-state index in [2.05, 4.69) is 26.4 Å². The second-order valence-corrected chi connectivity index (χ2v) is 9.18. The van der Waals surface area contributed by atoms with Gasteiger partial charge in [0.25, 0.3) is 0 Å². The van der Waals surface area contributed by atoms with Crippen molar-refractivity contribution in [3.05, 3.63) is 78.4 Å². The lowest BCUT2D eigenvalue weighted by molar-refractivity contribution is 0.0740. The van der Waals surface area contributed by atoms with Gasteiger partial charge in [-0.2, -0.15) is 5.10 Å². The summed E-state index contributed by atoms with van der Waals surface area (Å²) in [4.78, 5) is 18.6. The van der Waals surface area contributed by atoms with Gasteiger partial charge in [0.1, 0.15) is 28.6 Å². The average Bonchev–Trinajstić information content (AvgIpc) is 3.30. The van der Waals surface area contributed by atoms with Crippen LogP contribution in [0.15, 0.2) is 67.0 Å². The summed E-state index contributed by atoms with van der Waals surface area (Å²) in [6.45, 7) is 3.97. The largest absolute Gasteiger partial charge is 0.384 e. The van der Waals surface area contributed by atoms with Gasteiger partial charge in [-0.25, -0.2) is 15.0 Å². The summed E-state index contributed by atoms with van der Waals surface area (Å²) in [7, 11) is 1.86. The fraction of sp³-hybridized carbons (Fsp3) is 0.222. The molecule has 0 aliphatic heterocycles. The maximum atomic E-state index is 10.2. The van der Waals surface area contributed by atoms with Crippen molar-refractivity contribution in [3.8, 4) is 22.6 Å². The Morgan fingerprint density at radius 1 is 1.00 bits per heavy atom. The molecule has 182 valence electrons. The smallest absolute Gasteiger partial charge is 0.146 e. The molecule has 0 saturated heterocycles. The van der Waals surface area contributed by atoms with Crippen LogP contribution in [0.2, 0.25) is 0 Å². The highest BCUT2D eigenvalue weighted by molar-refractivity contribution is 5.87. The van der Waals surface area contributed by atoms with Gasteiger partial charge in [-0.05, 0) is 50.2 Å². The van der Waals surface area contributed by atoms with Crippen molar-refractivity contribution in [1.82, 2.24) is 29.7 Å². The van der Waals surface area contributed by atoms with Crippen molar-refractivity contribution in [2.45, 2.75) is 25.9 Å². The van der Waals surface area contributed by atoms with E-state index in [1.54, 1.807) is 30.8 Å². The van der Waals surface area contributed by atoms with E-state index in [0.717, 1.165) is 16.5 Å². The third-order valence-electron chi connectivity index (χ3n) is 5.88. The van der Waals surface area contributed by atoms with Gasteiger partial charge < -0.3 is 16.2 Å². The van der Waals surface area contributed by atoms with Crippen molar-refractivity contribution in [3.63, 3.8) is 0 Å². The van der Waals surface area contributed by atoms with Crippen LogP contribution < -0.4 is 11.1 Å². The Kier molecular flexibility index (Phi) is 6.07. The third-order valence-corrected chi connectivity index (χ3v) is 5.88. The minimum atomic E-state index is -1.01. The van der Waals surface area contributed by atoms with Crippen LogP contribution in [0.4, 0.5) is 11.6 Å². The molecule has 0 aliphatic carbocycles. The van der Waals surface area contributed by atoms with E-state index < -0.39 is 5.60 Å². The van der Waals surface area contributed by atoms with E-state index in [-0.39, 0.29) is 0 Å². The number of aryl methyl sites for hydroxylation is 1. The molecule has 0 atom stereocenters. The Morgan fingerprint density at radius 3 is 2.64 bits per heavy atom. The molecular formula is C27H28N8O. The summed E-state index contributed by atoms with van der Waals surface area (Å²) in [6, 6.07) is 17.4. The van der Waals surface area contributed by atoms with Crippen LogP contribution in [0.25, 0.3) is 33.5 Å². The summed E-state index contributed by atoms with van der Waals surface area (Å²) in [6.07, 6.45) is 4.19. The van der Waals surface area contributed by atoms with E-state index in [1.165, 1.54) is 0 Å². The molecule has 0 radical (unpaired) electrons. The highest BCUT2D eigenvalue weighted by Gasteiger charge is 2.19. The highest BCUT2D eigenvalue weighted by atomic mass is 16.3. The first-order valence-electron chi connectivity index (χ1n) is 11.7. The van der Waals surface area contributed by atoms with Crippen LogP contribution in [0, 0.1) is 0 Å².